The van der Waals surface area contributed by atoms with Crippen LogP contribution in [0.3, 0.4) is 0 Å². The minimum Gasteiger partial charge on any atom is -0.396 e. The Morgan fingerprint density at radius 3 is 2.88 bits per heavy atom. The minimum absolute atomic E-state index is 0.197. The Morgan fingerprint density at radius 2 is 2.24 bits per heavy atom. The molecule has 0 aromatic heterocycles. The maximum absolute atomic E-state index is 11.3. The number of carbonyl (C=O) groups is 1. The van der Waals surface area contributed by atoms with Crippen LogP contribution in [0, 0.1) is 6.92 Å². The van der Waals surface area contributed by atoms with Crippen molar-refractivity contribution in [3.05, 3.63) is 42.0 Å². The second-order valence-electron chi connectivity index (χ2n) is 4.03. The molecule has 1 aromatic rings. The molecule has 0 heterocycles. The molecule has 0 atom stereocenters. The van der Waals surface area contributed by atoms with Crippen molar-refractivity contribution >= 4 is 11.6 Å². The average Bonchev–Trinajstić information content (AvgIpc) is 2.32. The maximum atomic E-state index is 11.3. The number of aliphatic hydroxyl groups is 1. The second-order valence-corrected chi connectivity index (χ2v) is 4.03. The summed E-state index contributed by atoms with van der Waals surface area (Å²) in [5.41, 5.74) is 3.10. The third-order valence-electron chi connectivity index (χ3n) is 2.56. The van der Waals surface area contributed by atoms with Gasteiger partial charge in [0, 0.05) is 12.3 Å². The Bertz CT molecular complexity index is 399. The third-order valence-corrected chi connectivity index (χ3v) is 2.56. The summed E-state index contributed by atoms with van der Waals surface area (Å²) in [6, 6.07) is 5.94. The number of unbranched alkanes of at least 4 members (excludes halogenated alkanes) is 1. The molecule has 0 unspecified atom stereocenters. The molecule has 0 bridgehead atoms. The zero-order chi connectivity index (χ0) is 12.7. The lowest BCUT2D eigenvalue weighted by Crippen LogP contribution is -2.09. The first-order chi connectivity index (χ1) is 8.17. The number of hydrogen-bond acceptors (Lipinski definition) is 2. The van der Waals surface area contributed by atoms with E-state index in [9.17, 15) is 4.79 Å². The predicted molar refractivity (Wildman–Crippen MR) is 70.0 cm³/mol. The summed E-state index contributed by atoms with van der Waals surface area (Å²) >= 11 is 0. The molecule has 92 valence electrons. The number of aryl methyl sites for hydroxylation is 2. The molecule has 0 spiro atoms. The van der Waals surface area contributed by atoms with Gasteiger partial charge in [0.1, 0.15) is 0 Å². The molecule has 0 radical (unpaired) electrons. The highest BCUT2D eigenvalue weighted by Crippen LogP contribution is 2.19. The van der Waals surface area contributed by atoms with Crippen LogP contribution in [-0.4, -0.2) is 17.6 Å². The number of nitrogens with one attached hydrogen (secondary N) is 1. The standard InChI is InChI=1S/C14H19NO2/c1-3-14(17)15-13-8-7-11(2)10-12(13)6-4-5-9-16/h3,7-8,10,16H,1,4-6,9H2,2H3,(H,15,17). The largest absolute Gasteiger partial charge is 0.396 e. The van der Waals surface area contributed by atoms with Crippen LogP contribution in [0.2, 0.25) is 0 Å². The smallest absolute Gasteiger partial charge is 0.247 e. The molecule has 0 aliphatic rings. The van der Waals surface area contributed by atoms with Gasteiger partial charge < -0.3 is 10.4 Å². The number of carbonyl (C=O) groups excluding carboxylic acids is 1. The van der Waals surface area contributed by atoms with Crippen molar-refractivity contribution in [3.63, 3.8) is 0 Å². The fraction of sp³-hybridized carbons (Fsp3) is 0.357. The van der Waals surface area contributed by atoms with Gasteiger partial charge >= 0.3 is 0 Å². The number of rotatable bonds is 6. The molecule has 0 fully saturated rings. The summed E-state index contributed by atoms with van der Waals surface area (Å²) in [6.45, 7) is 5.67. The first-order valence-electron chi connectivity index (χ1n) is 5.81. The van der Waals surface area contributed by atoms with Crippen molar-refractivity contribution in [1.82, 2.24) is 0 Å². The summed E-state index contributed by atoms with van der Waals surface area (Å²) in [7, 11) is 0. The van der Waals surface area contributed by atoms with Gasteiger partial charge in [-0.15, -0.1) is 0 Å². The highest BCUT2D eigenvalue weighted by atomic mass is 16.2. The molecule has 1 rings (SSSR count). The summed E-state index contributed by atoms with van der Waals surface area (Å²) in [4.78, 5) is 11.3. The Balaban J connectivity index is 2.79. The number of benzene rings is 1. The van der Waals surface area contributed by atoms with E-state index in [-0.39, 0.29) is 12.5 Å². The molecule has 0 aliphatic heterocycles. The van der Waals surface area contributed by atoms with Crippen molar-refractivity contribution in [3.8, 4) is 0 Å². The zero-order valence-corrected chi connectivity index (χ0v) is 10.2. The highest BCUT2D eigenvalue weighted by Gasteiger charge is 2.04. The Hall–Kier alpha value is -1.61. The zero-order valence-electron chi connectivity index (χ0n) is 10.2. The van der Waals surface area contributed by atoms with E-state index in [1.807, 2.05) is 19.1 Å². The van der Waals surface area contributed by atoms with Gasteiger partial charge in [-0.25, -0.2) is 0 Å². The molecule has 0 saturated heterocycles. The van der Waals surface area contributed by atoms with Crippen LogP contribution in [0.4, 0.5) is 5.69 Å². The number of anilines is 1. The third kappa shape index (κ3) is 4.41. The van der Waals surface area contributed by atoms with Gasteiger partial charge in [0.05, 0.1) is 0 Å². The van der Waals surface area contributed by atoms with Gasteiger partial charge in [-0.1, -0.05) is 24.3 Å². The van der Waals surface area contributed by atoms with Gasteiger partial charge in [-0.3, -0.25) is 4.79 Å². The van der Waals surface area contributed by atoms with Crippen LogP contribution in [0.25, 0.3) is 0 Å². The van der Waals surface area contributed by atoms with Crippen LogP contribution in [0.1, 0.15) is 24.0 Å². The van der Waals surface area contributed by atoms with Gasteiger partial charge in [0.25, 0.3) is 0 Å². The lowest BCUT2D eigenvalue weighted by Gasteiger charge is -2.10. The van der Waals surface area contributed by atoms with E-state index in [4.69, 9.17) is 5.11 Å². The van der Waals surface area contributed by atoms with Gasteiger partial charge in [0.2, 0.25) is 5.91 Å². The normalized spacial score (nSPS) is 10.0. The van der Waals surface area contributed by atoms with E-state index >= 15 is 0 Å². The predicted octanol–water partition coefficient (Wildman–Crippen LogP) is 2.43. The topological polar surface area (TPSA) is 49.3 Å². The Kier molecular flexibility index (Phi) is 5.43. The average molecular weight is 233 g/mol. The molecule has 0 aliphatic carbocycles. The van der Waals surface area contributed by atoms with E-state index in [0.29, 0.717) is 0 Å². The van der Waals surface area contributed by atoms with Crippen LogP contribution < -0.4 is 5.32 Å². The van der Waals surface area contributed by atoms with Crippen molar-refractivity contribution < 1.29 is 9.90 Å². The number of amides is 1. The number of hydrogen-bond donors (Lipinski definition) is 2. The second kappa shape index (κ2) is 6.86. The molecular formula is C14H19NO2. The van der Waals surface area contributed by atoms with E-state index in [1.54, 1.807) is 0 Å². The highest BCUT2D eigenvalue weighted by molar-refractivity contribution is 5.99. The van der Waals surface area contributed by atoms with Gasteiger partial charge in [-0.05, 0) is 43.9 Å². The SMILES string of the molecule is C=CC(=O)Nc1ccc(C)cc1CCCCO. The molecule has 3 nitrogen and oxygen atoms in total. The van der Waals surface area contributed by atoms with Crippen molar-refractivity contribution in [1.29, 1.82) is 0 Å². The van der Waals surface area contributed by atoms with Gasteiger partial charge in [-0.2, -0.15) is 0 Å². The monoisotopic (exact) mass is 233 g/mol. The van der Waals surface area contributed by atoms with Crippen LogP contribution >= 0.6 is 0 Å². The Labute approximate surface area is 102 Å². The maximum Gasteiger partial charge on any atom is 0.247 e. The quantitative estimate of drug-likeness (QED) is 0.585. The molecular weight excluding hydrogens is 214 g/mol. The summed E-state index contributed by atoms with van der Waals surface area (Å²) in [6.07, 6.45) is 3.81. The summed E-state index contributed by atoms with van der Waals surface area (Å²) < 4.78 is 0. The molecule has 1 amide bonds. The minimum atomic E-state index is -0.197. The van der Waals surface area contributed by atoms with Crippen molar-refractivity contribution in [2.24, 2.45) is 0 Å². The van der Waals surface area contributed by atoms with E-state index < -0.39 is 0 Å². The van der Waals surface area contributed by atoms with Crippen LogP contribution in [0.15, 0.2) is 30.9 Å². The Morgan fingerprint density at radius 1 is 1.47 bits per heavy atom. The molecule has 2 N–H and O–H groups in total. The first kappa shape index (κ1) is 13.5. The van der Waals surface area contributed by atoms with E-state index in [0.717, 1.165) is 30.5 Å². The molecule has 0 saturated carbocycles. The fourth-order valence-corrected chi connectivity index (χ4v) is 1.66. The summed E-state index contributed by atoms with van der Waals surface area (Å²) in [5.74, 6) is -0.197. The molecule has 1 aromatic carbocycles. The van der Waals surface area contributed by atoms with Gasteiger partial charge in [0.15, 0.2) is 0 Å². The fourth-order valence-electron chi connectivity index (χ4n) is 1.66. The lowest BCUT2D eigenvalue weighted by atomic mass is 10.0. The van der Waals surface area contributed by atoms with Crippen LogP contribution in [0.5, 0.6) is 0 Å². The summed E-state index contributed by atoms with van der Waals surface area (Å²) in [5, 5.41) is 11.6. The van der Waals surface area contributed by atoms with Crippen molar-refractivity contribution in [2.45, 2.75) is 26.2 Å². The van der Waals surface area contributed by atoms with Crippen molar-refractivity contribution in [2.75, 3.05) is 11.9 Å². The molecule has 3 heteroatoms. The van der Waals surface area contributed by atoms with E-state index in [1.165, 1.54) is 11.6 Å². The van der Waals surface area contributed by atoms with Crippen LogP contribution in [-0.2, 0) is 11.2 Å². The lowest BCUT2D eigenvalue weighted by molar-refractivity contribution is -0.111. The molecule has 17 heavy (non-hydrogen) atoms. The van der Waals surface area contributed by atoms with E-state index in [2.05, 4.69) is 18.0 Å². The first-order valence-corrected chi connectivity index (χ1v) is 5.81. The number of aliphatic hydroxyl groups excluding tert-OH is 1.